The highest BCUT2D eigenvalue weighted by Gasteiger charge is 2.34. The smallest absolute Gasteiger partial charge is 0.232 e. The molecule has 2 atom stereocenters. The van der Waals surface area contributed by atoms with Crippen LogP contribution in [0, 0.1) is 5.82 Å². The average molecular weight is 488 g/mol. The lowest BCUT2D eigenvalue weighted by molar-refractivity contribution is -0.116. The van der Waals surface area contributed by atoms with Gasteiger partial charge in [-0.3, -0.25) is 10.1 Å². The zero-order valence-corrected chi connectivity index (χ0v) is 19.5. The molecule has 0 unspecified atom stereocenters. The molecule has 36 heavy (non-hydrogen) atoms. The number of anilines is 2. The Balaban J connectivity index is 1.53. The monoisotopic (exact) mass is 487 g/mol. The van der Waals surface area contributed by atoms with Crippen LogP contribution in [0.4, 0.5) is 16.2 Å². The van der Waals surface area contributed by atoms with E-state index in [-0.39, 0.29) is 30.2 Å². The number of hydrogen-bond acceptors (Lipinski definition) is 7. The summed E-state index contributed by atoms with van der Waals surface area (Å²) in [6.45, 7) is 1.15. The second-order valence-electron chi connectivity index (χ2n) is 9.47. The minimum Gasteiger partial charge on any atom is -0.508 e. The summed E-state index contributed by atoms with van der Waals surface area (Å²) in [7, 11) is 0. The lowest BCUT2D eigenvalue weighted by Gasteiger charge is -2.34. The number of fused-ring (bicyclic) bond motifs is 4. The predicted octanol–water partition coefficient (Wildman–Crippen LogP) is 3.56. The first-order chi connectivity index (χ1) is 17.5. The lowest BCUT2D eigenvalue weighted by atomic mass is 9.96. The quantitative estimate of drug-likeness (QED) is 0.341. The summed E-state index contributed by atoms with van der Waals surface area (Å²) < 4.78 is 16.2. The fourth-order valence-corrected chi connectivity index (χ4v) is 5.43. The Kier molecular flexibility index (Phi) is 5.66. The van der Waals surface area contributed by atoms with Crippen LogP contribution in [0.1, 0.15) is 19.3 Å². The molecule has 1 aromatic heterocycles. The number of rotatable bonds is 5. The van der Waals surface area contributed by atoms with Crippen LogP contribution in [0.2, 0.25) is 0 Å². The van der Waals surface area contributed by atoms with Gasteiger partial charge in [0.05, 0.1) is 13.0 Å². The van der Waals surface area contributed by atoms with Crippen molar-refractivity contribution in [1.29, 1.82) is 0 Å². The molecule has 2 aliphatic heterocycles. The Morgan fingerprint density at radius 3 is 2.61 bits per heavy atom. The Bertz CT molecular complexity index is 1480. The maximum atomic E-state index is 16.2. The van der Waals surface area contributed by atoms with Gasteiger partial charge in [-0.2, -0.15) is 4.98 Å². The molecule has 0 spiro atoms. The van der Waals surface area contributed by atoms with E-state index in [1.807, 2.05) is 30.3 Å². The highest BCUT2D eigenvalue weighted by atomic mass is 19.1. The Hall–Kier alpha value is -3.82. The molecule has 3 heterocycles. The van der Waals surface area contributed by atoms with Gasteiger partial charge in [0, 0.05) is 36.1 Å². The van der Waals surface area contributed by atoms with Gasteiger partial charge in [-0.05, 0) is 47.4 Å². The van der Waals surface area contributed by atoms with Crippen molar-refractivity contribution in [1.82, 2.24) is 15.3 Å². The first kappa shape index (κ1) is 22.6. The van der Waals surface area contributed by atoms with Crippen molar-refractivity contribution >= 4 is 39.3 Å². The molecule has 6 rings (SSSR count). The Morgan fingerprint density at radius 2 is 1.83 bits per heavy atom. The summed E-state index contributed by atoms with van der Waals surface area (Å²) >= 11 is 0. The normalized spacial score (nSPS) is 19.2. The van der Waals surface area contributed by atoms with Crippen molar-refractivity contribution in [3.63, 3.8) is 0 Å². The van der Waals surface area contributed by atoms with E-state index >= 15 is 4.39 Å². The van der Waals surface area contributed by atoms with E-state index in [9.17, 15) is 9.90 Å². The van der Waals surface area contributed by atoms with Gasteiger partial charge in [0.2, 0.25) is 11.9 Å². The van der Waals surface area contributed by atoms with Crippen molar-refractivity contribution in [2.45, 2.75) is 31.3 Å². The van der Waals surface area contributed by atoms with Crippen LogP contribution in [-0.4, -0.2) is 57.9 Å². The van der Waals surface area contributed by atoms with Crippen LogP contribution in [0.5, 0.6) is 5.75 Å². The lowest BCUT2D eigenvalue weighted by Crippen LogP contribution is -2.51. The maximum absolute atomic E-state index is 16.2. The van der Waals surface area contributed by atoms with Crippen molar-refractivity contribution in [3.8, 4) is 16.9 Å². The molecule has 4 N–H and O–H groups in total. The summed E-state index contributed by atoms with van der Waals surface area (Å²) in [5.41, 5.74) is 0.943. The van der Waals surface area contributed by atoms with Crippen LogP contribution in [0.15, 0.2) is 48.5 Å². The molecule has 2 saturated heterocycles. The minimum absolute atomic E-state index is 0.00125. The van der Waals surface area contributed by atoms with Crippen molar-refractivity contribution in [2.75, 3.05) is 29.9 Å². The molecule has 0 aliphatic carbocycles. The molecule has 0 radical (unpaired) electrons. The fourth-order valence-electron chi connectivity index (χ4n) is 5.43. The van der Waals surface area contributed by atoms with Crippen LogP contribution in [0.25, 0.3) is 32.8 Å². The van der Waals surface area contributed by atoms with E-state index in [4.69, 9.17) is 5.11 Å². The number of aliphatic hydroxyl groups excluding tert-OH is 1. The number of hydrogen-bond donors (Lipinski definition) is 4. The summed E-state index contributed by atoms with van der Waals surface area (Å²) in [5, 5.41) is 27.8. The summed E-state index contributed by atoms with van der Waals surface area (Å²) in [5.74, 6) is -0.385. The molecule has 4 aromatic rings. The third-order valence-electron chi connectivity index (χ3n) is 7.03. The maximum Gasteiger partial charge on any atom is 0.232 e. The van der Waals surface area contributed by atoms with Gasteiger partial charge in [0.15, 0.2) is 5.82 Å². The molecule has 0 saturated carbocycles. The molecule has 2 fully saturated rings. The van der Waals surface area contributed by atoms with Gasteiger partial charge in [0.25, 0.3) is 0 Å². The van der Waals surface area contributed by atoms with Gasteiger partial charge < -0.3 is 20.4 Å². The summed E-state index contributed by atoms with van der Waals surface area (Å²) in [6, 6.07) is 14.9. The van der Waals surface area contributed by atoms with E-state index in [1.165, 1.54) is 0 Å². The predicted molar refractivity (Wildman–Crippen MR) is 137 cm³/mol. The van der Waals surface area contributed by atoms with E-state index < -0.39 is 11.7 Å². The van der Waals surface area contributed by atoms with Crippen LogP contribution in [0.3, 0.4) is 0 Å². The molecule has 3 aromatic carbocycles. The largest absolute Gasteiger partial charge is 0.508 e. The number of phenolic OH excluding ortho intramolecular Hbond substituents is 1. The topological polar surface area (TPSA) is 111 Å². The number of carbonyl (C=O) groups excluding carboxylic acids is 1. The number of nitrogens with zero attached hydrogens (tertiary/aromatic N) is 3. The number of benzene rings is 3. The molecule has 2 bridgehead atoms. The Labute approximate surface area is 206 Å². The summed E-state index contributed by atoms with van der Waals surface area (Å²) in [6.07, 6.45) is 2.05. The van der Waals surface area contributed by atoms with E-state index in [0.29, 0.717) is 34.4 Å². The molecule has 8 nitrogen and oxygen atoms in total. The number of amides is 1. The van der Waals surface area contributed by atoms with Crippen molar-refractivity contribution < 1.29 is 19.4 Å². The van der Waals surface area contributed by atoms with Crippen molar-refractivity contribution in [2.24, 2.45) is 0 Å². The van der Waals surface area contributed by atoms with E-state index in [0.717, 1.165) is 36.7 Å². The number of aliphatic hydroxyl groups is 1. The zero-order valence-electron chi connectivity index (χ0n) is 19.5. The second-order valence-corrected chi connectivity index (χ2v) is 9.47. The molecular formula is C27H26FN5O3. The average Bonchev–Trinajstić information content (AvgIpc) is 3.21. The molecule has 2 aliphatic rings. The molecular weight excluding hydrogens is 461 g/mol. The standard InChI is InChI=1S/C27H26FN5O3/c28-24-20(22-12-18(35)11-15-3-1-2-4-19(15)22)7-8-21-25(24)31-27(30-23(36)9-10-34)32-26(21)33-13-16-5-6-17(14-33)29-16/h1-4,7-8,11-12,16-17,29,34-35H,5-6,9-10,13-14H2,(H,30,31,32,36)/t16-,17+. The highest BCUT2D eigenvalue weighted by molar-refractivity contribution is 6.02. The number of piperazine rings is 1. The highest BCUT2D eigenvalue weighted by Crippen LogP contribution is 2.38. The molecule has 1 amide bonds. The minimum atomic E-state index is -0.553. The third kappa shape index (κ3) is 4.00. The molecule has 184 valence electrons. The third-order valence-corrected chi connectivity index (χ3v) is 7.03. The number of aromatic hydroxyl groups is 1. The zero-order chi connectivity index (χ0) is 24.8. The fraction of sp³-hybridized carbons (Fsp3) is 0.296. The second kappa shape index (κ2) is 9.00. The SMILES string of the molecule is O=C(CCO)Nc1nc(N2C[C@H]3CC[C@@H](C2)N3)c2ccc(-c3cc(O)cc4ccccc34)c(F)c2n1. The number of nitrogens with one attached hydrogen (secondary N) is 2. The van der Waals surface area contributed by atoms with Gasteiger partial charge >= 0.3 is 0 Å². The Morgan fingerprint density at radius 1 is 1.06 bits per heavy atom. The van der Waals surface area contributed by atoms with Gasteiger partial charge in [-0.25, -0.2) is 9.37 Å². The number of carbonyl (C=O) groups is 1. The summed E-state index contributed by atoms with van der Waals surface area (Å²) in [4.78, 5) is 23.4. The van der Waals surface area contributed by atoms with Crippen LogP contribution < -0.4 is 15.5 Å². The van der Waals surface area contributed by atoms with E-state index in [1.54, 1.807) is 18.2 Å². The number of halogens is 1. The van der Waals surface area contributed by atoms with Crippen molar-refractivity contribution in [3.05, 3.63) is 54.3 Å². The van der Waals surface area contributed by atoms with Gasteiger partial charge in [0.1, 0.15) is 17.1 Å². The van der Waals surface area contributed by atoms with Crippen LogP contribution >= 0.6 is 0 Å². The molecule has 9 heteroatoms. The van der Waals surface area contributed by atoms with E-state index in [2.05, 4.69) is 25.5 Å². The van der Waals surface area contributed by atoms with Crippen LogP contribution in [-0.2, 0) is 4.79 Å². The number of phenols is 1. The van der Waals surface area contributed by atoms with Gasteiger partial charge in [-0.1, -0.05) is 30.3 Å². The first-order valence-electron chi connectivity index (χ1n) is 12.1. The number of aromatic nitrogens is 2. The van der Waals surface area contributed by atoms with Gasteiger partial charge in [-0.15, -0.1) is 0 Å². The first-order valence-corrected chi connectivity index (χ1v) is 12.1.